The van der Waals surface area contributed by atoms with E-state index in [0.29, 0.717) is 0 Å². The van der Waals surface area contributed by atoms with Gasteiger partial charge in [-0.25, -0.2) is 0 Å². The van der Waals surface area contributed by atoms with Crippen LogP contribution in [0.2, 0.25) is 0 Å². The molecule has 96 valence electrons. The first kappa shape index (κ1) is 15.7. The van der Waals surface area contributed by atoms with Gasteiger partial charge in [0.1, 0.15) is 11.8 Å². The maximum absolute atomic E-state index is 12.0. The van der Waals surface area contributed by atoms with Crippen LogP contribution in [0.4, 0.5) is 0 Å². The Morgan fingerprint density at radius 2 is 1.28 bits per heavy atom. The molecule has 0 heterocycles. The van der Waals surface area contributed by atoms with E-state index in [1.165, 1.54) is 0 Å². The van der Waals surface area contributed by atoms with Crippen LogP contribution in [0.25, 0.3) is 0 Å². The second-order valence-electron chi connectivity index (χ2n) is 3.37. The molecule has 5 nitrogen and oxygen atoms in total. The highest BCUT2D eigenvalue weighted by molar-refractivity contribution is 6.08. The monoisotopic (exact) mass is 250 g/mol. The van der Waals surface area contributed by atoms with Crippen LogP contribution in [0.3, 0.4) is 0 Å². The van der Waals surface area contributed by atoms with Gasteiger partial charge in [0.15, 0.2) is 5.78 Å². The Hall–Kier alpha value is -2.27. The van der Waals surface area contributed by atoms with Crippen molar-refractivity contribution in [3.05, 3.63) is 0 Å². The summed E-state index contributed by atoms with van der Waals surface area (Å²) in [7, 11) is 2.26. The molecule has 0 aliphatic carbocycles. The van der Waals surface area contributed by atoms with Crippen LogP contribution in [0, 0.1) is 36.5 Å². The van der Waals surface area contributed by atoms with Crippen molar-refractivity contribution in [2.75, 3.05) is 14.2 Å². The summed E-state index contributed by atoms with van der Waals surface area (Å²) >= 11 is 0. The summed E-state index contributed by atoms with van der Waals surface area (Å²) in [4.78, 5) is 34.9. The first-order valence-electron chi connectivity index (χ1n) is 5.09. The lowest BCUT2D eigenvalue weighted by atomic mass is 9.88. The van der Waals surface area contributed by atoms with Gasteiger partial charge in [-0.3, -0.25) is 14.4 Å². The van der Waals surface area contributed by atoms with Crippen LogP contribution >= 0.6 is 0 Å². The van der Waals surface area contributed by atoms with E-state index < -0.39 is 29.6 Å². The van der Waals surface area contributed by atoms with Gasteiger partial charge in [-0.2, -0.15) is 0 Å². The molecule has 0 aliphatic rings. The Kier molecular flexibility index (Phi) is 6.92. The summed E-state index contributed by atoms with van der Waals surface area (Å²) in [6.07, 6.45) is 9.85. The predicted octanol–water partition coefficient (Wildman–Crippen LogP) is 0.180. The molecule has 0 fully saturated rings. The van der Waals surface area contributed by atoms with Crippen LogP contribution in [0.1, 0.15) is 12.8 Å². The molecule has 18 heavy (non-hydrogen) atoms. The van der Waals surface area contributed by atoms with Crippen molar-refractivity contribution in [3.8, 4) is 24.7 Å². The highest BCUT2D eigenvalue weighted by Crippen LogP contribution is 2.17. The molecular formula is C13H14O5. The zero-order chi connectivity index (χ0) is 14.1. The highest BCUT2D eigenvalue weighted by atomic mass is 16.5. The lowest BCUT2D eigenvalue weighted by Crippen LogP contribution is -2.35. The SMILES string of the molecule is C#CCC(C(=O)OC)C(=O)C(CC#C)C(=O)OC. The number of carbonyl (C=O) groups excluding carboxylic acids is 3. The molecule has 0 radical (unpaired) electrons. The van der Waals surface area contributed by atoms with Crippen LogP contribution in [-0.4, -0.2) is 31.9 Å². The molecule has 0 bridgehead atoms. The maximum Gasteiger partial charge on any atom is 0.317 e. The summed E-state index contributed by atoms with van der Waals surface area (Å²) < 4.78 is 8.94. The van der Waals surface area contributed by atoms with Gasteiger partial charge in [0.05, 0.1) is 14.2 Å². The van der Waals surface area contributed by atoms with Crippen LogP contribution < -0.4 is 0 Å². The lowest BCUT2D eigenvalue weighted by Gasteiger charge is -2.16. The van der Waals surface area contributed by atoms with Gasteiger partial charge in [0.25, 0.3) is 0 Å². The Bertz CT molecular complexity index is 372. The second kappa shape index (κ2) is 7.92. The van der Waals surface area contributed by atoms with Crippen LogP contribution in [0.15, 0.2) is 0 Å². The summed E-state index contributed by atoms with van der Waals surface area (Å²) in [5.41, 5.74) is 0. The summed E-state index contributed by atoms with van der Waals surface area (Å²) in [5.74, 6) is -0.261. The van der Waals surface area contributed by atoms with E-state index in [0.717, 1.165) is 14.2 Å². The summed E-state index contributed by atoms with van der Waals surface area (Å²) in [6.45, 7) is 0. The van der Waals surface area contributed by atoms with Crippen molar-refractivity contribution in [1.82, 2.24) is 0 Å². The molecule has 0 N–H and O–H groups in total. The standard InChI is InChI=1S/C13H14O5/c1-5-7-9(12(15)17-3)11(14)10(8-6-2)13(16)18-4/h1-2,9-10H,7-8H2,3-4H3. The molecule has 0 aliphatic heterocycles. The number of rotatable bonds is 6. The quantitative estimate of drug-likeness (QED) is 0.382. The van der Waals surface area contributed by atoms with Gasteiger partial charge in [-0.05, 0) is 0 Å². The Balaban J connectivity index is 5.14. The van der Waals surface area contributed by atoms with E-state index in [-0.39, 0.29) is 12.8 Å². The van der Waals surface area contributed by atoms with Gasteiger partial charge < -0.3 is 9.47 Å². The van der Waals surface area contributed by atoms with Crippen molar-refractivity contribution in [3.63, 3.8) is 0 Å². The van der Waals surface area contributed by atoms with Gasteiger partial charge in [-0.15, -0.1) is 24.7 Å². The van der Waals surface area contributed by atoms with E-state index in [4.69, 9.17) is 12.8 Å². The minimum atomic E-state index is -1.20. The second-order valence-corrected chi connectivity index (χ2v) is 3.37. The Labute approximate surface area is 106 Å². The minimum Gasteiger partial charge on any atom is -0.468 e. The fraction of sp³-hybridized carbons (Fsp3) is 0.462. The van der Waals surface area contributed by atoms with E-state index in [1.54, 1.807) is 0 Å². The largest absolute Gasteiger partial charge is 0.468 e. The molecule has 2 atom stereocenters. The number of hydrogen-bond donors (Lipinski definition) is 0. The van der Waals surface area contributed by atoms with Crippen molar-refractivity contribution >= 4 is 17.7 Å². The first-order valence-corrected chi connectivity index (χ1v) is 5.09. The minimum absolute atomic E-state index is 0.149. The van der Waals surface area contributed by atoms with Gasteiger partial charge in [-0.1, -0.05) is 0 Å². The molecule has 2 unspecified atom stereocenters. The van der Waals surface area contributed by atoms with Gasteiger partial charge in [0, 0.05) is 12.8 Å². The third-order valence-electron chi connectivity index (χ3n) is 2.30. The molecule has 0 aromatic carbocycles. The number of Topliss-reactive ketones (excluding diaryl/α,β-unsaturated/α-hetero) is 1. The van der Waals surface area contributed by atoms with E-state index in [2.05, 4.69) is 21.3 Å². The number of hydrogen-bond acceptors (Lipinski definition) is 5. The van der Waals surface area contributed by atoms with Crippen molar-refractivity contribution in [2.24, 2.45) is 11.8 Å². The molecule has 0 saturated heterocycles. The third kappa shape index (κ3) is 3.95. The lowest BCUT2D eigenvalue weighted by molar-refractivity contribution is -0.155. The maximum atomic E-state index is 12.0. The van der Waals surface area contributed by atoms with E-state index >= 15 is 0 Å². The summed E-state index contributed by atoms with van der Waals surface area (Å²) in [5, 5.41) is 0. The van der Waals surface area contributed by atoms with Crippen molar-refractivity contribution in [2.45, 2.75) is 12.8 Å². The predicted molar refractivity (Wildman–Crippen MR) is 62.9 cm³/mol. The molecule has 5 heteroatoms. The average molecular weight is 250 g/mol. The Morgan fingerprint density at radius 1 is 0.944 bits per heavy atom. The van der Waals surface area contributed by atoms with Gasteiger partial charge >= 0.3 is 11.9 Å². The number of ketones is 1. The zero-order valence-electron chi connectivity index (χ0n) is 10.3. The first-order chi connectivity index (χ1) is 8.53. The Morgan fingerprint density at radius 3 is 1.50 bits per heavy atom. The molecule has 0 aromatic rings. The van der Waals surface area contributed by atoms with Crippen LogP contribution in [0.5, 0.6) is 0 Å². The van der Waals surface area contributed by atoms with Gasteiger partial charge in [0.2, 0.25) is 0 Å². The van der Waals surface area contributed by atoms with E-state index in [9.17, 15) is 14.4 Å². The zero-order valence-corrected chi connectivity index (χ0v) is 10.3. The smallest absolute Gasteiger partial charge is 0.317 e. The number of carbonyl (C=O) groups is 3. The molecular weight excluding hydrogens is 236 g/mol. The highest BCUT2D eigenvalue weighted by Gasteiger charge is 2.36. The molecule has 0 aromatic heterocycles. The number of ether oxygens (including phenoxy) is 2. The molecule has 0 amide bonds. The molecule has 0 saturated carbocycles. The van der Waals surface area contributed by atoms with Crippen LogP contribution in [-0.2, 0) is 23.9 Å². The average Bonchev–Trinajstić information content (AvgIpc) is 2.39. The summed E-state index contributed by atoms with van der Waals surface area (Å²) in [6, 6.07) is 0. The fourth-order valence-electron chi connectivity index (χ4n) is 1.36. The topological polar surface area (TPSA) is 69.7 Å². The number of terminal acetylenes is 2. The number of methoxy groups -OCH3 is 2. The van der Waals surface area contributed by atoms with Crippen molar-refractivity contribution in [1.29, 1.82) is 0 Å². The number of esters is 2. The molecule has 0 rings (SSSR count). The van der Waals surface area contributed by atoms with Crippen molar-refractivity contribution < 1.29 is 23.9 Å². The third-order valence-corrected chi connectivity index (χ3v) is 2.30. The fourth-order valence-corrected chi connectivity index (χ4v) is 1.36. The normalized spacial score (nSPS) is 12.4. The molecule has 0 spiro atoms. The van der Waals surface area contributed by atoms with E-state index in [1.807, 2.05) is 0 Å².